The highest BCUT2D eigenvalue weighted by Gasteiger charge is 2.41. The quantitative estimate of drug-likeness (QED) is 0.535. The molecule has 0 heterocycles. The molecule has 26 heavy (non-hydrogen) atoms. The maximum absolute atomic E-state index is 10.4. The lowest BCUT2D eigenvalue weighted by Crippen LogP contribution is -2.46. The summed E-state index contributed by atoms with van der Waals surface area (Å²) < 4.78 is 24.3. The molecule has 0 aromatic rings. The van der Waals surface area contributed by atoms with Gasteiger partial charge in [0.25, 0.3) is 0 Å². The first kappa shape index (κ1) is 22.3. The van der Waals surface area contributed by atoms with E-state index in [4.69, 9.17) is 18.0 Å². The number of aliphatic hydroxyl groups excluding tert-OH is 1. The second kappa shape index (κ2) is 11.8. The van der Waals surface area contributed by atoms with Crippen molar-refractivity contribution in [3.8, 4) is 0 Å². The van der Waals surface area contributed by atoms with Gasteiger partial charge in [-0.3, -0.25) is 0 Å². The van der Waals surface area contributed by atoms with Gasteiger partial charge in [0.2, 0.25) is 0 Å². The zero-order valence-corrected chi connectivity index (χ0v) is 18.1. The number of hydrogen-bond donors (Lipinski definition) is 1. The third-order valence-electron chi connectivity index (χ3n) is 5.74. The average Bonchev–Trinajstić information content (AvgIpc) is 2.64. The Kier molecular flexibility index (Phi) is 10.1. The van der Waals surface area contributed by atoms with Crippen molar-refractivity contribution in [2.24, 2.45) is 5.92 Å². The van der Waals surface area contributed by atoms with Crippen LogP contribution in [0.15, 0.2) is 0 Å². The fourth-order valence-corrected chi connectivity index (χ4v) is 7.20. The van der Waals surface area contributed by atoms with Gasteiger partial charge in [-0.2, -0.15) is 0 Å². The third kappa shape index (κ3) is 6.88. The summed E-state index contributed by atoms with van der Waals surface area (Å²) in [7, 11) is -2.56. The van der Waals surface area contributed by atoms with Crippen molar-refractivity contribution in [2.45, 2.75) is 103 Å². The van der Waals surface area contributed by atoms with E-state index in [1.807, 2.05) is 20.8 Å². The van der Waals surface area contributed by atoms with Gasteiger partial charge < -0.3 is 23.1 Å². The van der Waals surface area contributed by atoms with E-state index < -0.39 is 8.80 Å². The Labute approximate surface area is 161 Å². The summed E-state index contributed by atoms with van der Waals surface area (Å²) in [5.74, 6) is 0.556. The van der Waals surface area contributed by atoms with Crippen molar-refractivity contribution < 1.29 is 23.1 Å². The van der Waals surface area contributed by atoms with Crippen LogP contribution >= 0.6 is 0 Å². The third-order valence-corrected chi connectivity index (χ3v) is 8.82. The van der Waals surface area contributed by atoms with Crippen molar-refractivity contribution in [2.75, 3.05) is 19.8 Å². The van der Waals surface area contributed by atoms with Gasteiger partial charge in [0, 0.05) is 25.9 Å². The molecule has 2 fully saturated rings. The van der Waals surface area contributed by atoms with Crippen molar-refractivity contribution >= 4 is 8.80 Å². The zero-order chi connectivity index (χ0) is 18.8. The molecule has 0 aliphatic heterocycles. The molecule has 6 heteroatoms. The van der Waals surface area contributed by atoms with Crippen LogP contribution in [0.25, 0.3) is 0 Å². The van der Waals surface area contributed by atoms with Gasteiger partial charge in [0.15, 0.2) is 0 Å². The number of ether oxygens (including phenoxy) is 1. The van der Waals surface area contributed by atoms with Crippen molar-refractivity contribution in [3.63, 3.8) is 0 Å². The maximum atomic E-state index is 10.4. The van der Waals surface area contributed by atoms with Crippen LogP contribution in [0, 0.1) is 5.92 Å². The van der Waals surface area contributed by atoms with Gasteiger partial charge in [-0.25, -0.2) is 0 Å². The highest BCUT2D eigenvalue weighted by Crippen LogP contribution is 2.34. The maximum Gasteiger partial charge on any atom is 0.500 e. The molecule has 2 aliphatic carbocycles. The van der Waals surface area contributed by atoms with Crippen molar-refractivity contribution in [1.82, 2.24) is 0 Å². The molecular formula is C20H40O5Si. The Bertz CT molecular complexity index is 358. The summed E-state index contributed by atoms with van der Waals surface area (Å²) in [6, 6.07) is 0.861. The summed E-state index contributed by atoms with van der Waals surface area (Å²) in [4.78, 5) is 0. The van der Waals surface area contributed by atoms with Gasteiger partial charge >= 0.3 is 8.80 Å². The summed E-state index contributed by atoms with van der Waals surface area (Å²) in [6.45, 7) is 7.90. The Morgan fingerprint density at radius 2 is 1.46 bits per heavy atom. The van der Waals surface area contributed by atoms with E-state index in [1.165, 1.54) is 19.3 Å². The SMILES string of the molecule is CCO[Si](CCC1CCC(O)C(OC2CCCCC2)C1)(OCC)OCC. The molecule has 3 atom stereocenters. The molecule has 154 valence electrons. The number of aliphatic hydroxyl groups is 1. The molecular weight excluding hydrogens is 348 g/mol. The zero-order valence-electron chi connectivity index (χ0n) is 17.1. The molecule has 0 aromatic carbocycles. The largest absolute Gasteiger partial charge is 0.500 e. The lowest BCUT2D eigenvalue weighted by Gasteiger charge is -2.37. The van der Waals surface area contributed by atoms with Crippen LogP contribution in [-0.4, -0.2) is 52.0 Å². The minimum Gasteiger partial charge on any atom is -0.390 e. The first-order valence-electron chi connectivity index (χ1n) is 10.9. The predicted octanol–water partition coefficient (Wildman–Crippen LogP) is 4.30. The van der Waals surface area contributed by atoms with Gasteiger partial charge in [0.1, 0.15) is 0 Å². The van der Waals surface area contributed by atoms with E-state index in [1.54, 1.807) is 0 Å². The summed E-state index contributed by atoms with van der Waals surface area (Å²) in [6.07, 6.45) is 10.1. The number of rotatable bonds is 11. The molecule has 0 amide bonds. The molecule has 0 spiro atoms. The Hall–Kier alpha value is 0.0169. The van der Waals surface area contributed by atoms with Crippen molar-refractivity contribution in [1.29, 1.82) is 0 Å². The minimum absolute atomic E-state index is 0.000743. The Morgan fingerprint density at radius 1 is 0.846 bits per heavy atom. The highest BCUT2D eigenvalue weighted by atomic mass is 28.4. The van der Waals surface area contributed by atoms with E-state index in [2.05, 4.69) is 0 Å². The average molecular weight is 389 g/mol. The summed E-state index contributed by atoms with van der Waals surface area (Å²) >= 11 is 0. The molecule has 5 nitrogen and oxygen atoms in total. The van der Waals surface area contributed by atoms with E-state index in [9.17, 15) is 5.11 Å². The molecule has 2 saturated carbocycles. The van der Waals surface area contributed by atoms with E-state index >= 15 is 0 Å². The smallest absolute Gasteiger partial charge is 0.390 e. The molecule has 1 N–H and O–H groups in total. The van der Waals surface area contributed by atoms with Gasteiger partial charge in [-0.1, -0.05) is 19.3 Å². The molecule has 0 bridgehead atoms. The Morgan fingerprint density at radius 3 is 2.04 bits per heavy atom. The first-order valence-corrected chi connectivity index (χ1v) is 12.8. The Balaban J connectivity index is 1.86. The molecule has 2 aliphatic rings. The molecule has 2 rings (SSSR count). The molecule has 0 radical (unpaired) electrons. The van der Waals surface area contributed by atoms with Crippen LogP contribution in [0.1, 0.15) is 78.6 Å². The molecule has 0 saturated heterocycles. The monoisotopic (exact) mass is 388 g/mol. The van der Waals surface area contributed by atoms with Crippen LogP contribution in [0.2, 0.25) is 6.04 Å². The second-order valence-corrected chi connectivity index (χ2v) is 10.4. The predicted molar refractivity (Wildman–Crippen MR) is 105 cm³/mol. The normalized spacial score (nSPS) is 28.4. The summed E-state index contributed by atoms with van der Waals surface area (Å²) in [5.41, 5.74) is 0. The molecule has 3 unspecified atom stereocenters. The standard InChI is InChI=1S/C20H40O5Si/c1-4-22-26(23-5-2,24-6-3)15-14-17-12-13-19(21)20(16-17)25-18-10-8-7-9-11-18/h17-21H,4-16H2,1-3H3. The van der Waals surface area contributed by atoms with Crippen LogP contribution in [0.4, 0.5) is 0 Å². The van der Waals surface area contributed by atoms with E-state index in [0.717, 1.165) is 44.6 Å². The summed E-state index contributed by atoms with van der Waals surface area (Å²) in [5, 5.41) is 10.4. The fourth-order valence-electron chi connectivity index (χ4n) is 4.43. The lowest BCUT2D eigenvalue weighted by atomic mass is 9.83. The van der Waals surface area contributed by atoms with Crippen LogP contribution in [0.3, 0.4) is 0 Å². The first-order chi connectivity index (χ1) is 12.6. The lowest BCUT2D eigenvalue weighted by molar-refractivity contribution is -0.112. The fraction of sp³-hybridized carbons (Fsp3) is 1.00. The van der Waals surface area contributed by atoms with Gasteiger partial charge in [-0.15, -0.1) is 0 Å². The van der Waals surface area contributed by atoms with Crippen LogP contribution in [-0.2, 0) is 18.0 Å². The highest BCUT2D eigenvalue weighted by molar-refractivity contribution is 6.60. The van der Waals surface area contributed by atoms with E-state index in [-0.39, 0.29) is 12.2 Å². The minimum atomic E-state index is -2.56. The topological polar surface area (TPSA) is 57.2 Å². The number of hydrogen-bond acceptors (Lipinski definition) is 5. The van der Waals surface area contributed by atoms with Crippen molar-refractivity contribution in [3.05, 3.63) is 0 Å². The van der Waals surface area contributed by atoms with Gasteiger partial charge in [0.05, 0.1) is 18.3 Å². The second-order valence-electron chi connectivity index (χ2n) is 7.70. The van der Waals surface area contributed by atoms with Crippen LogP contribution in [0.5, 0.6) is 0 Å². The van der Waals surface area contributed by atoms with Gasteiger partial charge in [-0.05, 0) is 65.2 Å². The van der Waals surface area contributed by atoms with Crippen LogP contribution < -0.4 is 0 Å². The molecule has 0 aromatic heterocycles. The van der Waals surface area contributed by atoms with E-state index in [0.29, 0.717) is 31.8 Å².